The summed E-state index contributed by atoms with van der Waals surface area (Å²) in [4.78, 5) is 11.2. The van der Waals surface area contributed by atoms with Crippen LogP contribution >= 0.6 is 11.6 Å². The molecule has 5 rings (SSSR count). The summed E-state index contributed by atoms with van der Waals surface area (Å²) in [6.07, 6.45) is 10.4. The normalized spacial score (nSPS) is 33.3. The summed E-state index contributed by atoms with van der Waals surface area (Å²) in [5, 5.41) is 0.858. The molecule has 0 radical (unpaired) electrons. The molecule has 4 heteroatoms. The Bertz CT molecular complexity index is 582. The van der Waals surface area contributed by atoms with Gasteiger partial charge < -0.3 is 4.90 Å². The maximum atomic E-state index is 6.74. The maximum Gasteiger partial charge on any atom is 0.102 e. The Morgan fingerprint density at radius 2 is 1.81 bits per heavy atom. The quantitative estimate of drug-likeness (QED) is 0.600. The Balaban J connectivity index is 1.80. The van der Waals surface area contributed by atoms with Gasteiger partial charge in [-0.15, -0.1) is 0 Å². The van der Waals surface area contributed by atoms with Gasteiger partial charge in [0.15, 0.2) is 0 Å². The third-order valence-corrected chi connectivity index (χ3v) is 5.82. The summed E-state index contributed by atoms with van der Waals surface area (Å²) in [7, 11) is 3.93. The van der Waals surface area contributed by atoms with Gasteiger partial charge in [0, 0.05) is 25.7 Å². The van der Waals surface area contributed by atoms with E-state index < -0.39 is 0 Å². The topological polar surface area (TPSA) is 28.5 Å². The zero-order valence-electron chi connectivity index (χ0n) is 12.7. The number of halogens is 1. The highest BCUT2D eigenvalue weighted by atomic mass is 35.5. The summed E-state index contributed by atoms with van der Waals surface area (Å²) >= 11 is 6.74. The number of nitrogens with zero attached hydrogens (tertiary/aromatic N) is 3. The third-order valence-electron chi connectivity index (χ3n) is 5.42. The van der Waals surface area contributed by atoms with Crippen molar-refractivity contribution in [2.75, 3.05) is 14.1 Å². The molecule has 0 N–H and O–H groups in total. The number of aliphatic imine (C=N–C) groups is 1. The predicted molar refractivity (Wildman–Crippen MR) is 86.6 cm³/mol. The van der Waals surface area contributed by atoms with E-state index in [0.29, 0.717) is 11.8 Å². The first kappa shape index (κ1) is 13.6. The minimum atomic E-state index is 0.616. The van der Waals surface area contributed by atoms with Crippen molar-refractivity contribution in [2.24, 2.45) is 16.8 Å². The van der Waals surface area contributed by atoms with Crippen molar-refractivity contribution >= 4 is 23.6 Å². The smallest absolute Gasteiger partial charge is 0.102 e. The Morgan fingerprint density at radius 1 is 1.14 bits per heavy atom. The molecule has 2 unspecified atom stereocenters. The van der Waals surface area contributed by atoms with Crippen LogP contribution in [0.3, 0.4) is 0 Å². The van der Waals surface area contributed by atoms with Crippen LogP contribution in [0.25, 0.3) is 0 Å². The van der Waals surface area contributed by atoms with Crippen LogP contribution in [0.4, 0.5) is 5.69 Å². The monoisotopic (exact) mass is 303 g/mol. The number of hydrogen-bond acceptors (Lipinski definition) is 2. The molecular formula is C17H22ClN3. The van der Waals surface area contributed by atoms with Crippen LogP contribution in [-0.4, -0.2) is 30.3 Å². The Labute approximate surface area is 131 Å². The second kappa shape index (κ2) is 4.98. The van der Waals surface area contributed by atoms with Crippen molar-refractivity contribution in [1.82, 2.24) is 9.88 Å². The van der Waals surface area contributed by atoms with Crippen molar-refractivity contribution < 1.29 is 0 Å². The molecule has 2 atom stereocenters. The van der Waals surface area contributed by atoms with Gasteiger partial charge in [-0.3, -0.25) is 4.98 Å². The minimum absolute atomic E-state index is 0.616. The molecule has 1 aromatic rings. The lowest BCUT2D eigenvalue weighted by atomic mass is 9.67. The van der Waals surface area contributed by atoms with Gasteiger partial charge in [0.05, 0.1) is 17.6 Å². The van der Waals surface area contributed by atoms with E-state index >= 15 is 0 Å². The van der Waals surface area contributed by atoms with Crippen LogP contribution in [0.5, 0.6) is 0 Å². The number of aromatic nitrogens is 1. The van der Waals surface area contributed by atoms with Crippen molar-refractivity contribution in [1.29, 1.82) is 0 Å². The van der Waals surface area contributed by atoms with Gasteiger partial charge in [-0.2, -0.15) is 0 Å². The molecule has 3 nitrogen and oxygen atoms in total. The first-order valence-corrected chi connectivity index (χ1v) is 8.38. The summed E-state index contributed by atoms with van der Waals surface area (Å²) in [6.45, 7) is 0. The molecule has 2 fully saturated rings. The lowest BCUT2D eigenvalue weighted by Crippen LogP contribution is -2.25. The standard InChI is InChI=1S/C17H22ClN3/c1-21(2)9-20-14-8-19-17-13-6-10-3-11(7-13)5-12(4-10)15(17)16(14)18/h8-13H,3-7H2,1-2H3. The average Bonchev–Trinajstić information content (AvgIpc) is 2.60. The van der Waals surface area contributed by atoms with Gasteiger partial charge in [0.25, 0.3) is 0 Å². The number of pyridine rings is 1. The first-order chi connectivity index (χ1) is 10.1. The van der Waals surface area contributed by atoms with Gasteiger partial charge in [0.1, 0.15) is 5.69 Å². The second-order valence-corrected chi connectivity index (χ2v) is 7.65. The molecule has 0 aromatic carbocycles. The summed E-state index contributed by atoms with van der Waals surface area (Å²) in [5.41, 5.74) is 3.45. The number of rotatable bonds is 2. The molecule has 0 aliphatic heterocycles. The zero-order valence-corrected chi connectivity index (χ0v) is 13.5. The molecule has 1 aromatic heterocycles. The first-order valence-electron chi connectivity index (χ1n) is 8.00. The predicted octanol–water partition coefficient (Wildman–Crippen LogP) is 4.35. The summed E-state index contributed by atoms with van der Waals surface area (Å²) < 4.78 is 0. The molecule has 4 aliphatic rings. The van der Waals surface area contributed by atoms with Gasteiger partial charge in [-0.1, -0.05) is 11.6 Å². The van der Waals surface area contributed by atoms with E-state index in [1.807, 2.05) is 25.2 Å². The molecule has 2 saturated carbocycles. The molecule has 0 amide bonds. The largest absolute Gasteiger partial charge is 0.369 e. The fraction of sp³-hybridized carbons (Fsp3) is 0.647. The van der Waals surface area contributed by atoms with E-state index in [0.717, 1.165) is 22.5 Å². The van der Waals surface area contributed by atoms with Gasteiger partial charge in [0.2, 0.25) is 0 Å². The summed E-state index contributed by atoms with van der Waals surface area (Å²) in [6, 6.07) is 0. The molecule has 0 spiro atoms. The van der Waals surface area contributed by atoms with E-state index in [1.165, 1.54) is 43.4 Å². The Hall–Kier alpha value is -1.09. The van der Waals surface area contributed by atoms with Crippen LogP contribution in [0, 0.1) is 11.8 Å². The van der Waals surface area contributed by atoms with Gasteiger partial charge >= 0.3 is 0 Å². The van der Waals surface area contributed by atoms with Crippen molar-refractivity contribution in [3.8, 4) is 0 Å². The highest BCUT2D eigenvalue weighted by Gasteiger charge is 2.43. The minimum Gasteiger partial charge on any atom is -0.369 e. The Kier molecular flexibility index (Phi) is 3.21. The van der Waals surface area contributed by atoms with Crippen LogP contribution < -0.4 is 0 Å². The SMILES string of the molecule is CN(C)C=Nc1cnc2c(c1Cl)C1CC3CC(CC2C3)C1. The number of hydrogen-bond donors (Lipinski definition) is 0. The van der Waals surface area contributed by atoms with Crippen molar-refractivity contribution in [3.05, 3.63) is 22.5 Å². The van der Waals surface area contributed by atoms with Crippen LogP contribution in [0.2, 0.25) is 5.02 Å². The van der Waals surface area contributed by atoms with Gasteiger partial charge in [-0.25, -0.2) is 4.99 Å². The maximum absolute atomic E-state index is 6.74. The molecule has 21 heavy (non-hydrogen) atoms. The average molecular weight is 304 g/mol. The van der Waals surface area contributed by atoms with E-state index in [-0.39, 0.29) is 0 Å². The molecule has 4 aliphatic carbocycles. The van der Waals surface area contributed by atoms with E-state index in [4.69, 9.17) is 16.6 Å². The fourth-order valence-corrected chi connectivity index (χ4v) is 5.15. The van der Waals surface area contributed by atoms with E-state index in [9.17, 15) is 0 Å². The molecule has 112 valence electrons. The van der Waals surface area contributed by atoms with Crippen molar-refractivity contribution in [2.45, 2.75) is 43.9 Å². The lowest BCUT2D eigenvalue weighted by Gasteiger charge is -2.38. The lowest BCUT2D eigenvalue weighted by molar-refractivity contribution is 0.165. The highest BCUT2D eigenvalue weighted by molar-refractivity contribution is 6.34. The Morgan fingerprint density at radius 3 is 2.48 bits per heavy atom. The van der Waals surface area contributed by atoms with E-state index in [1.54, 1.807) is 6.34 Å². The fourth-order valence-electron chi connectivity index (χ4n) is 4.80. The van der Waals surface area contributed by atoms with Crippen LogP contribution in [0.1, 0.15) is 55.2 Å². The van der Waals surface area contributed by atoms with Crippen LogP contribution in [0.15, 0.2) is 11.2 Å². The second-order valence-electron chi connectivity index (χ2n) is 7.27. The van der Waals surface area contributed by atoms with E-state index in [2.05, 4.69) is 4.99 Å². The molecule has 0 saturated heterocycles. The van der Waals surface area contributed by atoms with Crippen LogP contribution in [-0.2, 0) is 0 Å². The van der Waals surface area contributed by atoms with Gasteiger partial charge in [-0.05, 0) is 55.4 Å². The molecular weight excluding hydrogens is 282 g/mol. The zero-order chi connectivity index (χ0) is 14.6. The molecule has 4 bridgehead atoms. The summed E-state index contributed by atoms with van der Waals surface area (Å²) in [5.74, 6) is 3.05. The van der Waals surface area contributed by atoms with Crippen molar-refractivity contribution in [3.63, 3.8) is 0 Å². The molecule has 1 heterocycles. The third kappa shape index (κ3) is 2.26. The highest BCUT2D eigenvalue weighted by Crippen LogP contribution is 2.57.